The highest BCUT2D eigenvalue weighted by molar-refractivity contribution is 5.92. The highest BCUT2D eigenvalue weighted by Gasteiger charge is 2.13. The number of halogens is 1. The maximum atomic E-state index is 13.0. The van der Waals surface area contributed by atoms with Crippen LogP contribution in [0.4, 0.5) is 4.39 Å². The van der Waals surface area contributed by atoms with Crippen LogP contribution in [-0.4, -0.2) is 22.8 Å². The molecule has 0 spiro atoms. The summed E-state index contributed by atoms with van der Waals surface area (Å²) in [5.41, 5.74) is 1.52. The highest BCUT2D eigenvalue weighted by atomic mass is 19.1. The number of hydrogen-bond acceptors (Lipinski definition) is 3. The van der Waals surface area contributed by atoms with Gasteiger partial charge < -0.3 is 4.90 Å². The number of rotatable bonds is 3. The van der Waals surface area contributed by atoms with E-state index in [9.17, 15) is 9.18 Å². The molecule has 2 rings (SSSR count). The van der Waals surface area contributed by atoms with Crippen LogP contribution in [0.1, 0.15) is 21.6 Å². The molecular weight excluding hydrogens is 257 g/mol. The smallest absolute Gasteiger partial charge is 0.272 e. The highest BCUT2D eigenvalue weighted by Crippen LogP contribution is 2.09. The summed E-state index contributed by atoms with van der Waals surface area (Å²) in [4.78, 5) is 17.1. The summed E-state index contributed by atoms with van der Waals surface area (Å²) >= 11 is 0. The van der Waals surface area contributed by atoms with E-state index in [4.69, 9.17) is 5.26 Å². The molecule has 0 aliphatic heterocycles. The van der Waals surface area contributed by atoms with Gasteiger partial charge in [-0.3, -0.25) is 4.79 Å². The van der Waals surface area contributed by atoms with Crippen molar-refractivity contribution in [2.45, 2.75) is 6.54 Å². The molecule has 0 aliphatic carbocycles. The van der Waals surface area contributed by atoms with Gasteiger partial charge in [-0.25, -0.2) is 4.98 Å². The zero-order chi connectivity index (χ0) is 14.5. The Balaban J connectivity index is 2.09. The van der Waals surface area contributed by atoms with Crippen molar-refractivity contribution in [2.75, 3.05) is 7.05 Å². The number of aromatic nitrogens is 1. The monoisotopic (exact) mass is 269 g/mol. The number of nitriles is 1. The minimum Gasteiger partial charge on any atom is -0.336 e. The van der Waals surface area contributed by atoms with Crippen LogP contribution in [0.5, 0.6) is 0 Å². The first kappa shape index (κ1) is 13.7. The number of carbonyl (C=O) groups excluding carboxylic acids is 1. The Morgan fingerprint density at radius 2 is 2.00 bits per heavy atom. The van der Waals surface area contributed by atoms with Crippen molar-refractivity contribution >= 4 is 5.91 Å². The lowest BCUT2D eigenvalue weighted by molar-refractivity contribution is 0.0778. The molecule has 0 N–H and O–H groups in total. The van der Waals surface area contributed by atoms with Gasteiger partial charge in [0.25, 0.3) is 5.91 Å². The topological polar surface area (TPSA) is 57.0 Å². The van der Waals surface area contributed by atoms with Gasteiger partial charge in [0.2, 0.25) is 5.95 Å². The standard InChI is InChI=1S/C15H12FN3O/c1-19(10-12-7-5-11(9-17)6-8-12)15(20)13-3-2-4-14(16)18-13/h2-8H,10H2,1H3. The first-order valence-corrected chi connectivity index (χ1v) is 5.97. The molecule has 1 amide bonds. The van der Waals surface area contributed by atoms with E-state index in [0.717, 1.165) is 5.56 Å². The Hall–Kier alpha value is -2.74. The third-order valence-corrected chi connectivity index (χ3v) is 2.78. The molecule has 0 saturated heterocycles. The van der Waals surface area contributed by atoms with Crippen LogP contribution in [0.3, 0.4) is 0 Å². The quantitative estimate of drug-likeness (QED) is 0.804. The molecule has 1 heterocycles. The van der Waals surface area contributed by atoms with Gasteiger partial charge in [-0.1, -0.05) is 18.2 Å². The molecule has 5 heteroatoms. The van der Waals surface area contributed by atoms with Gasteiger partial charge in [0, 0.05) is 13.6 Å². The van der Waals surface area contributed by atoms with Crippen molar-refractivity contribution in [2.24, 2.45) is 0 Å². The predicted octanol–water partition coefficient (Wildman–Crippen LogP) is 2.36. The number of amides is 1. The zero-order valence-electron chi connectivity index (χ0n) is 10.9. The van der Waals surface area contributed by atoms with Crippen LogP contribution in [0.15, 0.2) is 42.5 Å². The van der Waals surface area contributed by atoms with Gasteiger partial charge in [-0.15, -0.1) is 0 Å². The Morgan fingerprint density at radius 3 is 2.60 bits per heavy atom. The lowest BCUT2D eigenvalue weighted by atomic mass is 10.1. The fraction of sp³-hybridized carbons (Fsp3) is 0.133. The second kappa shape index (κ2) is 5.93. The molecule has 0 atom stereocenters. The average molecular weight is 269 g/mol. The van der Waals surface area contributed by atoms with Crippen molar-refractivity contribution in [3.8, 4) is 6.07 Å². The maximum absolute atomic E-state index is 13.0. The zero-order valence-corrected chi connectivity index (χ0v) is 10.9. The molecule has 20 heavy (non-hydrogen) atoms. The fourth-order valence-electron chi connectivity index (χ4n) is 1.75. The first-order chi connectivity index (χ1) is 9.60. The van der Waals surface area contributed by atoms with Crippen molar-refractivity contribution in [1.29, 1.82) is 5.26 Å². The van der Waals surface area contributed by atoms with Crippen molar-refractivity contribution < 1.29 is 9.18 Å². The molecule has 0 fully saturated rings. The molecule has 2 aromatic rings. The number of hydrogen-bond donors (Lipinski definition) is 0. The minimum atomic E-state index is -0.678. The molecule has 1 aromatic carbocycles. The third-order valence-electron chi connectivity index (χ3n) is 2.78. The Bertz CT molecular complexity index is 662. The van der Waals surface area contributed by atoms with Crippen LogP contribution in [0.2, 0.25) is 0 Å². The summed E-state index contributed by atoms with van der Waals surface area (Å²) in [5.74, 6) is -1.03. The van der Waals surface area contributed by atoms with Gasteiger partial charge in [-0.05, 0) is 29.8 Å². The second-order valence-corrected chi connectivity index (χ2v) is 4.32. The van der Waals surface area contributed by atoms with Crippen LogP contribution in [0, 0.1) is 17.3 Å². The van der Waals surface area contributed by atoms with Gasteiger partial charge in [0.05, 0.1) is 11.6 Å². The van der Waals surface area contributed by atoms with Crippen LogP contribution < -0.4 is 0 Å². The van der Waals surface area contributed by atoms with Crippen molar-refractivity contribution in [3.05, 3.63) is 65.2 Å². The molecule has 100 valence electrons. The minimum absolute atomic E-state index is 0.0705. The summed E-state index contributed by atoms with van der Waals surface area (Å²) in [5, 5.41) is 8.71. The number of nitrogens with zero attached hydrogens (tertiary/aromatic N) is 3. The largest absolute Gasteiger partial charge is 0.336 e. The lowest BCUT2D eigenvalue weighted by Gasteiger charge is -2.16. The van der Waals surface area contributed by atoms with E-state index < -0.39 is 5.95 Å². The molecule has 0 radical (unpaired) electrons. The van der Waals surface area contributed by atoms with Crippen LogP contribution >= 0.6 is 0 Å². The van der Waals surface area contributed by atoms with E-state index in [-0.39, 0.29) is 11.6 Å². The van der Waals surface area contributed by atoms with E-state index in [1.54, 1.807) is 31.3 Å². The normalized spacial score (nSPS) is 9.85. The Labute approximate surface area is 116 Å². The third kappa shape index (κ3) is 3.18. The van der Waals surface area contributed by atoms with E-state index in [0.29, 0.717) is 12.1 Å². The summed E-state index contributed by atoms with van der Waals surface area (Å²) in [6, 6.07) is 13.1. The summed E-state index contributed by atoms with van der Waals surface area (Å²) < 4.78 is 13.0. The Morgan fingerprint density at radius 1 is 1.30 bits per heavy atom. The maximum Gasteiger partial charge on any atom is 0.272 e. The van der Waals surface area contributed by atoms with Gasteiger partial charge in [-0.2, -0.15) is 9.65 Å². The van der Waals surface area contributed by atoms with E-state index in [1.807, 2.05) is 6.07 Å². The fourth-order valence-corrected chi connectivity index (χ4v) is 1.75. The molecule has 0 unspecified atom stereocenters. The second-order valence-electron chi connectivity index (χ2n) is 4.32. The molecule has 0 bridgehead atoms. The number of benzene rings is 1. The molecule has 4 nitrogen and oxygen atoms in total. The van der Waals surface area contributed by atoms with Crippen LogP contribution in [0.25, 0.3) is 0 Å². The SMILES string of the molecule is CN(Cc1ccc(C#N)cc1)C(=O)c1cccc(F)n1. The van der Waals surface area contributed by atoms with E-state index in [1.165, 1.54) is 23.1 Å². The molecular formula is C15H12FN3O. The number of pyridine rings is 1. The lowest BCUT2D eigenvalue weighted by Crippen LogP contribution is -2.27. The number of carbonyl (C=O) groups is 1. The average Bonchev–Trinajstić information content (AvgIpc) is 2.47. The van der Waals surface area contributed by atoms with Gasteiger partial charge in [0.15, 0.2) is 0 Å². The first-order valence-electron chi connectivity index (χ1n) is 5.97. The van der Waals surface area contributed by atoms with Gasteiger partial charge in [0.1, 0.15) is 5.69 Å². The molecule has 0 saturated carbocycles. The van der Waals surface area contributed by atoms with Crippen LogP contribution in [-0.2, 0) is 6.54 Å². The summed E-state index contributed by atoms with van der Waals surface area (Å²) in [6.45, 7) is 0.364. The van der Waals surface area contributed by atoms with Gasteiger partial charge >= 0.3 is 0 Å². The predicted molar refractivity (Wildman–Crippen MR) is 71.1 cm³/mol. The van der Waals surface area contributed by atoms with E-state index >= 15 is 0 Å². The Kier molecular flexibility index (Phi) is 4.06. The summed E-state index contributed by atoms with van der Waals surface area (Å²) in [6.07, 6.45) is 0. The van der Waals surface area contributed by atoms with Crippen molar-refractivity contribution in [1.82, 2.24) is 9.88 Å². The summed E-state index contributed by atoms with van der Waals surface area (Å²) in [7, 11) is 1.62. The van der Waals surface area contributed by atoms with Crippen molar-refractivity contribution in [3.63, 3.8) is 0 Å². The van der Waals surface area contributed by atoms with E-state index in [2.05, 4.69) is 4.98 Å². The molecule has 1 aromatic heterocycles. The molecule has 0 aliphatic rings.